The largest absolute Gasteiger partial charge is 0.545 e. The number of quaternary nitrogens is 1. The van der Waals surface area contributed by atoms with Crippen LogP contribution < -0.4 is 5.11 Å². The Labute approximate surface area is 434 Å². The number of aliphatic carboxylic acids is 1. The van der Waals surface area contributed by atoms with Crippen molar-refractivity contribution in [1.82, 2.24) is 0 Å². The maximum atomic E-state index is 12.9. The Morgan fingerprint density at radius 3 is 1.13 bits per heavy atom. The highest BCUT2D eigenvalue weighted by Gasteiger charge is 2.22. The normalized spacial score (nSPS) is 13.8. The van der Waals surface area contributed by atoms with Crippen LogP contribution in [0.15, 0.2) is 122 Å². The number of esters is 2. The molecule has 0 aliphatic heterocycles. The Morgan fingerprint density at radius 1 is 0.423 bits per heavy atom. The molecule has 0 aromatic carbocycles. The summed E-state index contributed by atoms with van der Waals surface area (Å²) in [7, 11) is 5.90. The summed E-state index contributed by atoms with van der Waals surface area (Å²) in [4.78, 5) is 37.2. The highest BCUT2D eigenvalue weighted by Crippen LogP contribution is 2.14. The third kappa shape index (κ3) is 53.3. The van der Waals surface area contributed by atoms with Gasteiger partial charge in [-0.1, -0.05) is 200 Å². The van der Waals surface area contributed by atoms with Gasteiger partial charge in [0.05, 0.1) is 40.3 Å². The summed E-state index contributed by atoms with van der Waals surface area (Å²) in [6.45, 7) is 4.46. The van der Waals surface area contributed by atoms with Crippen LogP contribution in [0.25, 0.3) is 0 Å². The van der Waals surface area contributed by atoms with Crippen LogP contribution in [0, 0.1) is 0 Å². The van der Waals surface area contributed by atoms with Crippen LogP contribution in [0.1, 0.15) is 194 Å². The molecule has 9 nitrogen and oxygen atoms in total. The number of allylic oxidation sites excluding steroid dienone is 20. The van der Waals surface area contributed by atoms with Crippen LogP contribution in [0.3, 0.4) is 0 Å². The molecular formula is C62H101NO8. The van der Waals surface area contributed by atoms with E-state index in [0.717, 1.165) is 116 Å². The molecule has 0 aromatic rings. The highest BCUT2D eigenvalue weighted by molar-refractivity contribution is 5.70. The number of hydrogen-bond donors (Lipinski definition) is 0. The van der Waals surface area contributed by atoms with Crippen molar-refractivity contribution in [3.63, 3.8) is 0 Å². The molecule has 2 unspecified atom stereocenters. The summed E-state index contributed by atoms with van der Waals surface area (Å²) in [5, 5.41) is 11.8. The van der Waals surface area contributed by atoms with Crippen molar-refractivity contribution < 1.29 is 42.9 Å². The molecular weight excluding hydrogens is 887 g/mol. The number of ether oxygens (including phenoxy) is 4. The molecule has 0 spiro atoms. The zero-order valence-electron chi connectivity index (χ0n) is 45.5. The maximum absolute atomic E-state index is 12.9. The van der Waals surface area contributed by atoms with Crippen molar-refractivity contribution in [2.45, 2.75) is 206 Å². The van der Waals surface area contributed by atoms with Gasteiger partial charge < -0.3 is 33.3 Å². The monoisotopic (exact) mass is 988 g/mol. The smallest absolute Gasteiger partial charge is 0.306 e. The van der Waals surface area contributed by atoms with E-state index in [1.54, 1.807) is 0 Å². The number of unbranched alkanes of at least 4 members (excludes halogenated alkanes) is 14. The molecule has 0 rings (SSSR count). The Morgan fingerprint density at radius 2 is 0.761 bits per heavy atom. The van der Waals surface area contributed by atoms with Crippen LogP contribution in [-0.2, 0) is 33.3 Å². The summed E-state index contributed by atoms with van der Waals surface area (Å²) >= 11 is 0. The lowest BCUT2D eigenvalue weighted by Crippen LogP contribution is -2.44. The zero-order chi connectivity index (χ0) is 52.0. The number of carboxylic acids is 1. The number of likely N-dealkylation sites (N-methyl/N-ethyl adjacent to an activating group) is 1. The predicted molar refractivity (Wildman–Crippen MR) is 296 cm³/mol. The topological polar surface area (TPSA) is 111 Å². The standard InChI is InChI=1S/C62H101NO8/c1-6-8-10-12-14-16-18-20-22-24-25-26-27-28-29-30-31-32-33-34-35-37-39-41-43-45-47-49-51-53-60(65)71-58(57-70-62(61(66)67)68-55-54-63(3,4)5)56-69-59(64)52-50-48-46-44-42-40-38-36-23-21-19-17-15-13-11-9-7-2/h8-11,14-17,20-23,25-26,28-29,31-32,38,40,58,62H,6-7,12-13,18-19,24,27,30,33-37,39,41-57H2,1-5H3/b10-8-,11-9-,16-14-,17-15-,22-20-,23-21-,26-25-,29-28-,32-31-,40-38-. The van der Waals surface area contributed by atoms with Gasteiger partial charge in [0.2, 0.25) is 0 Å². The number of carbonyl (C=O) groups excluding carboxylic acids is 3. The number of nitrogens with zero attached hydrogens (tertiary/aromatic N) is 1. The number of rotatable bonds is 49. The Bertz CT molecular complexity index is 1570. The lowest BCUT2D eigenvalue weighted by molar-refractivity contribution is -0.870. The average molecular weight is 988 g/mol. The Kier molecular flexibility index (Phi) is 48.9. The minimum absolute atomic E-state index is 0.136. The first-order valence-electron chi connectivity index (χ1n) is 27.7. The third-order valence-corrected chi connectivity index (χ3v) is 11.2. The van der Waals surface area contributed by atoms with Crippen LogP contribution in [0.4, 0.5) is 0 Å². The molecule has 0 radical (unpaired) electrons. The molecule has 0 aliphatic rings. The zero-order valence-corrected chi connectivity index (χ0v) is 45.5. The Hall–Kier alpha value is -4.31. The second-order valence-electron chi connectivity index (χ2n) is 19.1. The highest BCUT2D eigenvalue weighted by atomic mass is 16.7. The van der Waals surface area contributed by atoms with Gasteiger partial charge >= 0.3 is 11.9 Å². The molecule has 0 saturated carbocycles. The van der Waals surface area contributed by atoms with Crippen molar-refractivity contribution in [1.29, 1.82) is 0 Å². The van der Waals surface area contributed by atoms with Crippen molar-refractivity contribution in [3.8, 4) is 0 Å². The molecule has 0 bridgehead atoms. The molecule has 71 heavy (non-hydrogen) atoms. The van der Waals surface area contributed by atoms with E-state index in [0.29, 0.717) is 23.9 Å². The van der Waals surface area contributed by atoms with Gasteiger partial charge in [0.15, 0.2) is 12.4 Å². The molecule has 0 N–H and O–H groups in total. The van der Waals surface area contributed by atoms with E-state index in [-0.39, 0.29) is 38.6 Å². The summed E-state index contributed by atoms with van der Waals surface area (Å²) < 4.78 is 22.6. The summed E-state index contributed by atoms with van der Waals surface area (Å²) in [6.07, 6.45) is 69.5. The maximum Gasteiger partial charge on any atom is 0.306 e. The fraction of sp³-hybridized carbons (Fsp3) is 0.629. The number of hydrogen-bond acceptors (Lipinski definition) is 8. The molecule has 402 valence electrons. The van der Waals surface area contributed by atoms with Gasteiger partial charge in [-0.3, -0.25) is 9.59 Å². The molecule has 0 aliphatic carbocycles. The quantitative estimate of drug-likeness (QED) is 0.0195. The van der Waals surface area contributed by atoms with E-state index in [1.807, 2.05) is 21.1 Å². The summed E-state index contributed by atoms with van der Waals surface area (Å²) in [5.41, 5.74) is 0. The lowest BCUT2D eigenvalue weighted by atomic mass is 10.0. The van der Waals surface area contributed by atoms with Gasteiger partial charge in [0.1, 0.15) is 13.2 Å². The first kappa shape index (κ1) is 66.7. The third-order valence-electron chi connectivity index (χ3n) is 11.2. The lowest BCUT2D eigenvalue weighted by Gasteiger charge is -2.26. The second-order valence-corrected chi connectivity index (χ2v) is 19.1. The summed E-state index contributed by atoms with van der Waals surface area (Å²) in [6, 6.07) is 0. The van der Waals surface area contributed by atoms with Crippen LogP contribution in [0.2, 0.25) is 0 Å². The van der Waals surface area contributed by atoms with E-state index in [2.05, 4.69) is 135 Å². The molecule has 0 amide bonds. The van der Waals surface area contributed by atoms with Gasteiger partial charge in [-0.2, -0.15) is 0 Å². The first-order chi connectivity index (χ1) is 34.6. The van der Waals surface area contributed by atoms with Gasteiger partial charge in [-0.15, -0.1) is 0 Å². The molecule has 2 atom stereocenters. The van der Waals surface area contributed by atoms with Crippen LogP contribution in [-0.4, -0.2) is 82.3 Å². The van der Waals surface area contributed by atoms with Crippen LogP contribution >= 0.6 is 0 Å². The molecule has 0 aromatic heterocycles. The first-order valence-corrected chi connectivity index (χ1v) is 27.7. The van der Waals surface area contributed by atoms with E-state index < -0.39 is 24.3 Å². The molecule has 0 saturated heterocycles. The minimum Gasteiger partial charge on any atom is -0.545 e. The second kappa shape index (κ2) is 52.0. The summed E-state index contributed by atoms with van der Waals surface area (Å²) in [5.74, 6) is -2.34. The van der Waals surface area contributed by atoms with Crippen molar-refractivity contribution in [2.75, 3.05) is 47.5 Å². The van der Waals surface area contributed by atoms with Crippen molar-refractivity contribution >= 4 is 17.9 Å². The fourth-order valence-corrected chi connectivity index (χ4v) is 7.00. The average Bonchev–Trinajstić information content (AvgIpc) is 3.34. The van der Waals surface area contributed by atoms with Gasteiger partial charge in [-0.05, 0) is 103 Å². The van der Waals surface area contributed by atoms with Crippen molar-refractivity contribution in [2.24, 2.45) is 0 Å². The number of carboxylic acid groups (broad SMARTS) is 1. The van der Waals surface area contributed by atoms with E-state index in [4.69, 9.17) is 18.9 Å². The Balaban J connectivity index is 4.31. The SMILES string of the molecule is CC/C=C\C/C=C\C/C=C\C/C=C\C/C=C\C/C=C\CCCCCCCCCCCCC(=O)OC(COC(=O)CCCCCC/C=C\C/C=C\C/C=C\C/C=C\CC)COC(OCC[N+](C)(C)C)C(=O)[O-]. The fourth-order valence-electron chi connectivity index (χ4n) is 7.00. The molecule has 9 heteroatoms. The minimum atomic E-state index is -1.64. The van der Waals surface area contributed by atoms with Crippen LogP contribution in [0.5, 0.6) is 0 Å². The van der Waals surface area contributed by atoms with E-state index >= 15 is 0 Å². The van der Waals surface area contributed by atoms with Crippen molar-refractivity contribution in [3.05, 3.63) is 122 Å². The molecule has 0 fully saturated rings. The number of carbonyl (C=O) groups is 3. The predicted octanol–water partition coefficient (Wildman–Crippen LogP) is 14.8. The van der Waals surface area contributed by atoms with Gasteiger partial charge in [0.25, 0.3) is 0 Å². The van der Waals surface area contributed by atoms with Gasteiger partial charge in [0, 0.05) is 12.8 Å². The molecule has 0 heterocycles. The van der Waals surface area contributed by atoms with Gasteiger partial charge in [-0.25, -0.2) is 0 Å². The van der Waals surface area contributed by atoms with E-state index in [9.17, 15) is 19.5 Å². The van der Waals surface area contributed by atoms with E-state index in [1.165, 1.54) is 38.5 Å².